The van der Waals surface area contributed by atoms with Crippen LogP contribution in [0.4, 0.5) is 0 Å². The Morgan fingerprint density at radius 1 is 1.08 bits per heavy atom. The first kappa shape index (κ1) is 18.2. The first-order valence-corrected chi connectivity index (χ1v) is 9.83. The fourth-order valence-corrected chi connectivity index (χ4v) is 4.73. The van der Waals surface area contributed by atoms with E-state index in [0.717, 1.165) is 0 Å². The van der Waals surface area contributed by atoms with Crippen molar-refractivity contribution in [1.29, 1.82) is 0 Å². The summed E-state index contributed by atoms with van der Waals surface area (Å²) in [5.74, 6) is -0.552. The first-order valence-electron chi connectivity index (χ1n) is 7.64. The Morgan fingerprint density at radius 3 is 2.52 bits per heavy atom. The molecule has 0 spiro atoms. The van der Waals surface area contributed by atoms with Gasteiger partial charge in [-0.25, -0.2) is 13.2 Å². The van der Waals surface area contributed by atoms with Crippen molar-refractivity contribution in [2.24, 2.45) is 0 Å². The molecule has 0 amide bonds. The largest absolute Gasteiger partial charge is 0.424 e. The third-order valence-electron chi connectivity index (χ3n) is 3.95. The minimum absolute atomic E-state index is 0.114. The fraction of sp³-hybridized carbons (Fsp3) is 0.235. The summed E-state index contributed by atoms with van der Waals surface area (Å²) in [7, 11) is -3.77. The molecule has 1 fully saturated rings. The maximum absolute atomic E-state index is 12.8. The molecule has 2 aromatic carbocycles. The molecular formula is C17H15Cl2NO4S. The lowest BCUT2D eigenvalue weighted by molar-refractivity contribution is -0.137. The van der Waals surface area contributed by atoms with E-state index in [1.54, 1.807) is 30.3 Å². The van der Waals surface area contributed by atoms with Crippen molar-refractivity contribution in [2.75, 3.05) is 6.54 Å². The van der Waals surface area contributed by atoms with Crippen LogP contribution < -0.4 is 4.74 Å². The van der Waals surface area contributed by atoms with Crippen molar-refractivity contribution in [3.05, 3.63) is 58.6 Å². The number of carbonyl (C=O) groups excluding carboxylic acids is 1. The van der Waals surface area contributed by atoms with Crippen LogP contribution in [0.2, 0.25) is 10.0 Å². The summed E-state index contributed by atoms with van der Waals surface area (Å²) in [5, 5.41) is 0.375. The minimum Gasteiger partial charge on any atom is -0.424 e. The molecule has 0 saturated carbocycles. The second kappa shape index (κ2) is 7.33. The van der Waals surface area contributed by atoms with Gasteiger partial charge in [-0.3, -0.25) is 0 Å². The van der Waals surface area contributed by atoms with Gasteiger partial charge in [0.2, 0.25) is 10.0 Å². The lowest BCUT2D eigenvalue weighted by Gasteiger charge is -2.22. The summed E-state index contributed by atoms with van der Waals surface area (Å²) in [4.78, 5) is 12.7. The lowest BCUT2D eigenvalue weighted by atomic mass is 10.2. The van der Waals surface area contributed by atoms with E-state index in [9.17, 15) is 13.2 Å². The third-order valence-corrected chi connectivity index (χ3v) is 6.68. The Bertz CT molecular complexity index is 887. The molecular weight excluding hydrogens is 385 g/mol. The second-order valence-electron chi connectivity index (χ2n) is 5.56. The Kier molecular flexibility index (Phi) is 5.34. The number of halogens is 2. The van der Waals surface area contributed by atoms with Gasteiger partial charge in [-0.1, -0.05) is 47.5 Å². The summed E-state index contributed by atoms with van der Waals surface area (Å²) in [5.41, 5.74) is 0. The van der Waals surface area contributed by atoms with Crippen LogP contribution in [-0.4, -0.2) is 31.3 Å². The highest BCUT2D eigenvalue weighted by Gasteiger charge is 2.40. The van der Waals surface area contributed by atoms with Gasteiger partial charge in [-0.05, 0) is 37.1 Å². The predicted molar refractivity (Wildman–Crippen MR) is 95.5 cm³/mol. The molecule has 8 heteroatoms. The number of nitrogens with zero attached hydrogens (tertiary/aromatic N) is 1. The monoisotopic (exact) mass is 399 g/mol. The number of hydrogen-bond donors (Lipinski definition) is 0. The lowest BCUT2D eigenvalue weighted by Crippen LogP contribution is -2.42. The van der Waals surface area contributed by atoms with E-state index in [1.807, 2.05) is 0 Å². The van der Waals surface area contributed by atoms with Crippen LogP contribution >= 0.6 is 23.2 Å². The minimum atomic E-state index is -3.77. The van der Waals surface area contributed by atoms with Gasteiger partial charge in [0.05, 0.1) is 9.92 Å². The van der Waals surface area contributed by atoms with Gasteiger partial charge in [0, 0.05) is 6.54 Å². The molecule has 2 aromatic rings. The van der Waals surface area contributed by atoms with E-state index < -0.39 is 22.0 Å². The van der Waals surface area contributed by atoms with E-state index in [2.05, 4.69) is 0 Å². The number of ether oxygens (including phenoxy) is 1. The number of rotatable bonds is 4. The highest BCUT2D eigenvalue weighted by Crippen LogP contribution is 2.33. The number of carbonyl (C=O) groups is 1. The van der Waals surface area contributed by atoms with E-state index in [-0.39, 0.29) is 27.2 Å². The molecule has 0 N–H and O–H groups in total. The zero-order valence-electron chi connectivity index (χ0n) is 13.1. The molecule has 132 valence electrons. The highest BCUT2D eigenvalue weighted by molar-refractivity contribution is 7.89. The zero-order chi connectivity index (χ0) is 18.0. The molecule has 5 nitrogen and oxygen atoms in total. The highest BCUT2D eigenvalue weighted by atomic mass is 35.5. The molecule has 1 aliphatic heterocycles. The topological polar surface area (TPSA) is 63.7 Å². The van der Waals surface area contributed by atoms with Crippen molar-refractivity contribution in [3.63, 3.8) is 0 Å². The SMILES string of the molecule is O=C(Oc1cccc(Cl)c1Cl)[C@H]1CCCN1S(=O)(=O)c1ccccc1. The molecule has 3 rings (SSSR count). The van der Waals surface area contributed by atoms with Crippen LogP contribution in [0.3, 0.4) is 0 Å². The van der Waals surface area contributed by atoms with E-state index >= 15 is 0 Å². The van der Waals surface area contributed by atoms with Gasteiger partial charge in [0.1, 0.15) is 11.1 Å². The molecule has 1 aliphatic rings. The van der Waals surface area contributed by atoms with Crippen LogP contribution in [0.15, 0.2) is 53.4 Å². The van der Waals surface area contributed by atoms with Gasteiger partial charge in [-0.2, -0.15) is 4.31 Å². The van der Waals surface area contributed by atoms with Crippen LogP contribution in [0.25, 0.3) is 0 Å². The molecule has 1 atom stereocenters. The van der Waals surface area contributed by atoms with Crippen LogP contribution in [0, 0.1) is 0 Å². The molecule has 1 saturated heterocycles. The summed E-state index contributed by atoms with van der Waals surface area (Å²) in [6.45, 7) is 0.264. The summed E-state index contributed by atoms with van der Waals surface area (Å²) in [6, 6.07) is 11.8. The quantitative estimate of drug-likeness (QED) is 0.579. The zero-order valence-corrected chi connectivity index (χ0v) is 15.4. The number of hydrogen-bond acceptors (Lipinski definition) is 4. The molecule has 0 radical (unpaired) electrons. The van der Waals surface area contributed by atoms with Crippen molar-refractivity contribution in [2.45, 2.75) is 23.8 Å². The Labute approximate surface area is 156 Å². The van der Waals surface area contributed by atoms with Crippen molar-refractivity contribution in [3.8, 4) is 5.75 Å². The van der Waals surface area contributed by atoms with Gasteiger partial charge in [0.15, 0.2) is 5.75 Å². The van der Waals surface area contributed by atoms with Gasteiger partial charge >= 0.3 is 5.97 Å². The molecule has 0 aromatic heterocycles. The maximum atomic E-state index is 12.8. The molecule has 0 unspecified atom stereocenters. The van der Waals surface area contributed by atoms with Gasteiger partial charge in [-0.15, -0.1) is 0 Å². The standard InChI is InChI=1S/C17H15Cl2NO4S/c18-13-8-4-10-15(16(13)19)24-17(21)14-9-5-11-20(14)25(22,23)12-6-2-1-3-7-12/h1-4,6-8,10,14H,5,9,11H2/t14-/m1/s1. The number of sulfonamides is 1. The third kappa shape index (κ3) is 3.67. The van der Waals surface area contributed by atoms with Crippen LogP contribution in [0.5, 0.6) is 5.75 Å². The Morgan fingerprint density at radius 2 is 1.80 bits per heavy atom. The summed E-state index contributed by atoms with van der Waals surface area (Å²) in [6.07, 6.45) is 0.970. The molecule has 25 heavy (non-hydrogen) atoms. The Hall–Kier alpha value is -1.60. The first-order chi connectivity index (χ1) is 11.9. The normalized spacial score (nSPS) is 18.2. The summed E-state index contributed by atoms with van der Waals surface area (Å²) >= 11 is 11.9. The summed E-state index contributed by atoms with van der Waals surface area (Å²) < 4.78 is 32.1. The van der Waals surface area contributed by atoms with Crippen molar-refractivity contribution in [1.82, 2.24) is 4.31 Å². The molecule has 1 heterocycles. The smallest absolute Gasteiger partial charge is 0.329 e. The van der Waals surface area contributed by atoms with Gasteiger partial charge < -0.3 is 4.74 Å². The molecule has 0 bridgehead atoms. The fourth-order valence-electron chi connectivity index (χ4n) is 2.73. The van der Waals surface area contributed by atoms with Crippen LogP contribution in [-0.2, 0) is 14.8 Å². The average Bonchev–Trinajstić information content (AvgIpc) is 3.10. The maximum Gasteiger partial charge on any atom is 0.329 e. The average molecular weight is 400 g/mol. The predicted octanol–water partition coefficient (Wildman–Crippen LogP) is 3.75. The molecule has 0 aliphatic carbocycles. The van der Waals surface area contributed by atoms with Gasteiger partial charge in [0.25, 0.3) is 0 Å². The second-order valence-corrected chi connectivity index (χ2v) is 8.24. The van der Waals surface area contributed by atoms with Crippen LogP contribution in [0.1, 0.15) is 12.8 Å². The van der Waals surface area contributed by atoms with E-state index in [0.29, 0.717) is 12.8 Å². The number of benzene rings is 2. The van der Waals surface area contributed by atoms with E-state index in [1.165, 1.54) is 22.5 Å². The Balaban J connectivity index is 1.84. The number of esters is 1. The van der Waals surface area contributed by atoms with Crippen molar-refractivity contribution >= 4 is 39.2 Å². The van der Waals surface area contributed by atoms with E-state index in [4.69, 9.17) is 27.9 Å². The van der Waals surface area contributed by atoms with Crippen molar-refractivity contribution < 1.29 is 17.9 Å².